The van der Waals surface area contributed by atoms with Gasteiger partial charge in [-0.05, 0) is 49.3 Å². The molecule has 3 rings (SSSR count). The number of hydrogen-bond acceptors (Lipinski definition) is 5. The monoisotopic (exact) mass is 384 g/mol. The standard InChI is InChI=1S/C21H24N2O3S/c1-14-9-10-15-16(13-22)21(27-19(15)12-14)23-20(24)8-5-11-26-18-7-4-3-6-17(18)25-2/h3-4,6-7,14H,5,8-12H2,1-2H3,(H,23,24)/t14-/m1/s1. The molecule has 1 heterocycles. The highest BCUT2D eigenvalue weighted by Crippen LogP contribution is 2.39. The number of carbonyl (C=O) groups is 1. The Balaban J connectivity index is 1.52. The minimum atomic E-state index is -0.0817. The van der Waals surface area contributed by atoms with E-state index in [1.807, 2.05) is 24.3 Å². The molecule has 0 unspecified atom stereocenters. The molecule has 0 saturated heterocycles. The summed E-state index contributed by atoms with van der Waals surface area (Å²) in [6, 6.07) is 9.73. The zero-order valence-electron chi connectivity index (χ0n) is 15.7. The fourth-order valence-corrected chi connectivity index (χ4v) is 4.68. The summed E-state index contributed by atoms with van der Waals surface area (Å²) in [6.45, 7) is 2.66. The van der Waals surface area contributed by atoms with E-state index in [9.17, 15) is 10.1 Å². The Morgan fingerprint density at radius 1 is 1.37 bits per heavy atom. The van der Waals surface area contributed by atoms with E-state index in [1.165, 1.54) is 4.88 Å². The Labute approximate surface area is 163 Å². The Hall–Kier alpha value is -2.52. The largest absolute Gasteiger partial charge is 0.493 e. The highest BCUT2D eigenvalue weighted by atomic mass is 32.1. The maximum Gasteiger partial charge on any atom is 0.225 e. The fraction of sp³-hybridized carbons (Fsp3) is 0.429. The lowest BCUT2D eigenvalue weighted by Crippen LogP contribution is -2.13. The number of rotatable bonds is 7. The van der Waals surface area contributed by atoms with Gasteiger partial charge in [0, 0.05) is 11.3 Å². The molecule has 1 aromatic carbocycles. The number of hydrogen-bond donors (Lipinski definition) is 1. The Bertz CT molecular complexity index is 854. The van der Waals surface area contributed by atoms with Gasteiger partial charge in [0.1, 0.15) is 11.1 Å². The molecule has 0 spiro atoms. The van der Waals surface area contributed by atoms with E-state index in [4.69, 9.17) is 9.47 Å². The van der Waals surface area contributed by atoms with E-state index in [0.717, 1.165) is 24.8 Å². The summed E-state index contributed by atoms with van der Waals surface area (Å²) in [5, 5.41) is 13.1. The van der Waals surface area contributed by atoms with Crippen LogP contribution in [0.2, 0.25) is 0 Å². The van der Waals surface area contributed by atoms with Crippen LogP contribution in [0.4, 0.5) is 5.00 Å². The molecule has 142 valence electrons. The van der Waals surface area contributed by atoms with Crippen LogP contribution in [-0.4, -0.2) is 19.6 Å². The first-order valence-corrected chi connectivity index (χ1v) is 10.0. The zero-order valence-corrected chi connectivity index (χ0v) is 16.5. The van der Waals surface area contributed by atoms with Gasteiger partial charge in [-0.25, -0.2) is 0 Å². The summed E-state index contributed by atoms with van der Waals surface area (Å²) in [5.74, 6) is 1.91. The number of thiophene rings is 1. The van der Waals surface area contributed by atoms with Crippen LogP contribution in [0.1, 0.15) is 42.2 Å². The van der Waals surface area contributed by atoms with Gasteiger partial charge in [0.2, 0.25) is 5.91 Å². The minimum Gasteiger partial charge on any atom is -0.493 e. The van der Waals surface area contributed by atoms with E-state index in [1.54, 1.807) is 18.4 Å². The molecule has 1 N–H and O–H groups in total. The predicted molar refractivity (Wildman–Crippen MR) is 107 cm³/mol. The SMILES string of the molecule is COc1ccccc1OCCCC(=O)Nc1sc2c(c1C#N)CC[C@@H](C)C2. The number of amides is 1. The summed E-state index contributed by atoms with van der Waals surface area (Å²) in [4.78, 5) is 13.5. The first-order chi connectivity index (χ1) is 13.1. The second kappa shape index (κ2) is 8.92. The first kappa shape index (κ1) is 19.2. The second-order valence-electron chi connectivity index (χ2n) is 6.82. The Morgan fingerprint density at radius 2 is 2.15 bits per heavy atom. The molecule has 1 aromatic heterocycles. The van der Waals surface area contributed by atoms with Crippen LogP contribution < -0.4 is 14.8 Å². The van der Waals surface area contributed by atoms with Crippen LogP contribution in [0.5, 0.6) is 11.5 Å². The van der Waals surface area contributed by atoms with Crippen LogP contribution in [0.25, 0.3) is 0 Å². The molecule has 1 amide bonds. The van der Waals surface area contributed by atoms with Gasteiger partial charge in [0.25, 0.3) is 0 Å². The summed E-state index contributed by atoms with van der Waals surface area (Å²) in [7, 11) is 1.60. The van der Waals surface area contributed by atoms with E-state index in [2.05, 4.69) is 18.3 Å². The highest BCUT2D eigenvalue weighted by Gasteiger charge is 2.24. The van der Waals surface area contributed by atoms with E-state index in [-0.39, 0.29) is 5.91 Å². The van der Waals surface area contributed by atoms with Gasteiger partial charge in [-0.1, -0.05) is 19.1 Å². The van der Waals surface area contributed by atoms with Crippen molar-refractivity contribution in [2.24, 2.45) is 5.92 Å². The molecule has 5 nitrogen and oxygen atoms in total. The number of anilines is 1. The predicted octanol–water partition coefficient (Wildman–Crippen LogP) is 4.55. The van der Waals surface area contributed by atoms with Crippen LogP contribution in [0.3, 0.4) is 0 Å². The fourth-order valence-electron chi connectivity index (χ4n) is 3.30. The van der Waals surface area contributed by atoms with Crippen LogP contribution in [0.15, 0.2) is 24.3 Å². The molecule has 0 aliphatic heterocycles. The third-order valence-electron chi connectivity index (χ3n) is 4.75. The number of methoxy groups -OCH3 is 1. The van der Waals surface area contributed by atoms with E-state index in [0.29, 0.717) is 47.4 Å². The van der Waals surface area contributed by atoms with Crippen molar-refractivity contribution in [2.75, 3.05) is 19.0 Å². The van der Waals surface area contributed by atoms with Gasteiger partial charge < -0.3 is 14.8 Å². The lowest BCUT2D eigenvalue weighted by molar-refractivity contribution is -0.116. The lowest BCUT2D eigenvalue weighted by Gasteiger charge is -2.17. The average molecular weight is 385 g/mol. The van der Waals surface area contributed by atoms with Crippen molar-refractivity contribution in [3.05, 3.63) is 40.3 Å². The van der Waals surface area contributed by atoms with Gasteiger partial charge in [-0.15, -0.1) is 11.3 Å². The summed E-state index contributed by atoms with van der Waals surface area (Å²) in [5.41, 5.74) is 1.79. The van der Waals surface area contributed by atoms with Crippen molar-refractivity contribution in [1.29, 1.82) is 5.26 Å². The number of nitriles is 1. The topological polar surface area (TPSA) is 71.3 Å². The van der Waals surface area contributed by atoms with Gasteiger partial charge in [-0.3, -0.25) is 4.79 Å². The molecule has 6 heteroatoms. The molecule has 1 atom stereocenters. The van der Waals surface area contributed by atoms with Gasteiger partial charge >= 0.3 is 0 Å². The van der Waals surface area contributed by atoms with Crippen molar-refractivity contribution < 1.29 is 14.3 Å². The number of carbonyl (C=O) groups excluding carboxylic acids is 1. The van der Waals surface area contributed by atoms with E-state index >= 15 is 0 Å². The quantitative estimate of drug-likeness (QED) is 0.711. The average Bonchev–Trinajstić information content (AvgIpc) is 3.01. The lowest BCUT2D eigenvalue weighted by atomic mass is 9.89. The molecule has 0 bridgehead atoms. The molecule has 27 heavy (non-hydrogen) atoms. The molecular weight excluding hydrogens is 360 g/mol. The number of nitrogens with one attached hydrogen (secondary N) is 1. The van der Waals surface area contributed by atoms with E-state index < -0.39 is 0 Å². The number of fused-ring (bicyclic) bond motifs is 1. The maximum atomic E-state index is 12.3. The number of ether oxygens (including phenoxy) is 2. The van der Waals surface area contributed by atoms with Crippen molar-refractivity contribution in [1.82, 2.24) is 0 Å². The first-order valence-electron chi connectivity index (χ1n) is 9.22. The molecule has 1 aliphatic rings. The number of nitrogens with zero attached hydrogens (tertiary/aromatic N) is 1. The van der Waals surface area contributed by atoms with Gasteiger partial charge in [0.15, 0.2) is 11.5 Å². The van der Waals surface area contributed by atoms with Crippen molar-refractivity contribution >= 4 is 22.2 Å². The second-order valence-corrected chi connectivity index (χ2v) is 7.92. The Morgan fingerprint density at radius 3 is 2.89 bits per heavy atom. The summed E-state index contributed by atoms with van der Waals surface area (Å²) < 4.78 is 10.9. The highest BCUT2D eigenvalue weighted by molar-refractivity contribution is 7.16. The minimum absolute atomic E-state index is 0.0817. The zero-order chi connectivity index (χ0) is 19.2. The third kappa shape index (κ3) is 4.61. The molecule has 2 aromatic rings. The van der Waals surface area contributed by atoms with Crippen LogP contribution in [-0.2, 0) is 17.6 Å². The molecule has 0 fully saturated rings. The molecule has 1 aliphatic carbocycles. The molecule has 0 radical (unpaired) electrons. The van der Waals surface area contributed by atoms with Gasteiger partial charge in [-0.2, -0.15) is 5.26 Å². The van der Waals surface area contributed by atoms with Gasteiger partial charge in [0.05, 0.1) is 19.3 Å². The van der Waals surface area contributed by atoms with Crippen molar-refractivity contribution in [2.45, 2.75) is 39.0 Å². The normalized spacial score (nSPS) is 15.5. The number of benzene rings is 1. The number of para-hydroxylation sites is 2. The molecule has 0 saturated carbocycles. The Kier molecular flexibility index (Phi) is 6.36. The van der Waals surface area contributed by atoms with Crippen LogP contribution in [0, 0.1) is 17.2 Å². The summed E-state index contributed by atoms with van der Waals surface area (Å²) >= 11 is 1.56. The third-order valence-corrected chi connectivity index (χ3v) is 5.92. The van der Waals surface area contributed by atoms with Crippen molar-refractivity contribution in [3.8, 4) is 17.6 Å². The smallest absolute Gasteiger partial charge is 0.225 e. The summed E-state index contributed by atoms with van der Waals surface area (Å²) in [6.07, 6.45) is 3.97. The molecular formula is C21H24N2O3S. The van der Waals surface area contributed by atoms with Crippen molar-refractivity contribution in [3.63, 3.8) is 0 Å². The van der Waals surface area contributed by atoms with Crippen LogP contribution >= 0.6 is 11.3 Å². The maximum absolute atomic E-state index is 12.3.